The van der Waals surface area contributed by atoms with E-state index in [0.717, 1.165) is 55.0 Å². The van der Waals surface area contributed by atoms with Crippen LogP contribution in [0.3, 0.4) is 0 Å². The second-order valence-corrected chi connectivity index (χ2v) is 10.2. The number of hydrogen-bond donors (Lipinski definition) is 1. The Bertz CT molecular complexity index is 1280. The Hall–Kier alpha value is -3.35. The van der Waals surface area contributed by atoms with Gasteiger partial charge in [-0.3, -0.25) is 4.79 Å². The van der Waals surface area contributed by atoms with E-state index in [-0.39, 0.29) is 11.7 Å². The fourth-order valence-corrected chi connectivity index (χ4v) is 5.77. The number of benzene rings is 3. The molecule has 1 aliphatic heterocycles. The summed E-state index contributed by atoms with van der Waals surface area (Å²) in [6.45, 7) is 3.28. The first kappa shape index (κ1) is 24.3. The number of thiazole rings is 1. The first-order chi connectivity index (χ1) is 17.7. The zero-order valence-corrected chi connectivity index (χ0v) is 21.0. The smallest absolute Gasteiger partial charge is 0.275 e. The van der Waals surface area contributed by atoms with Crippen molar-refractivity contribution in [2.45, 2.75) is 31.6 Å². The zero-order chi connectivity index (χ0) is 24.7. The van der Waals surface area contributed by atoms with Gasteiger partial charge >= 0.3 is 0 Å². The van der Waals surface area contributed by atoms with Crippen LogP contribution in [-0.4, -0.2) is 35.4 Å². The molecule has 36 heavy (non-hydrogen) atoms. The van der Waals surface area contributed by atoms with E-state index in [9.17, 15) is 9.18 Å². The van der Waals surface area contributed by atoms with Crippen LogP contribution in [0.15, 0.2) is 84.2 Å². The number of rotatable bonds is 8. The van der Waals surface area contributed by atoms with E-state index in [4.69, 9.17) is 4.98 Å². The standard InChI is InChI=1S/C30H30FN3OS/c31-25-14-12-23(13-15-25)26-10-4-5-11-27(26)32-29(35)28-21-36-30(33-28)24-16-19-34(20-17-24)18-6-9-22-7-2-1-3-8-22/h1-5,7-8,10-15,21,24H,6,9,16-20H2,(H,32,35). The summed E-state index contributed by atoms with van der Waals surface area (Å²) in [7, 11) is 0. The molecule has 0 aliphatic carbocycles. The van der Waals surface area contributed by atoms with Crippen molar-refractivity contribution in [2.24, 2.45) is 0 Å². The fourth-order valence-electron chi connectivity index (χ4n) is 4.79. The van der Waals surface area contributed by atoms with Crippen LogP contribution in [0.5, 0.6) is 0 Å². The molecule has 1 saturated heterocycles. The first-order valence-corrected chi connectivity index (χ1v) is 13.4. The molecule has 0 radical (unpaired) electrons. The largest absolute Gasteiger partial charge is 0.320 e. The molecule has 4 nitrogen and oxygen atoms in total. The predicted octanol–water partition coefficient (Wildman–Crippen LogP) is 7.01. The molecule has 5 rings (SSSR count). The Labute approximate surface area is 215 Å². The van der Waals surface area contributed by atoms with Crippen molar-refractivity contribution < 1.29 is 9.18 Å². The number of carbonyl (C=O) groups excluding carboxylic acids is 1. The number of para-hydroxylation sites is 1. The second-order valence-electron chi connectivity index (χ2n) is 9.28. The van der Waals surface area contributed by atoms with Gasteiger partial charge in [0.25, 0.3) is 5.91 Å². The van der Waals surface area contributed by atoms with Gasteiger partial charge in [-0.1, -0.05) is 60.7 Å². The maximum Gasteiger partial charge on any atom is 0.275 e. The third kappa shape index (κ3) is 6.07. The summed E-state index contributed by atoms with van der Waals surface area (Å²) in [6, 6.07) is 24.5. The summed E-state index contributed by atoms with van der Waals surface area (Å²) in [4.78, 5) is 20.3. The topological polar surface area (TPSA) is 45.2 Å². The van der Waals surface area contributed by atoms with Gasteiger partial charge in [0, 0.05) is 22.5 Å². The van der Waals surface area contributed by atoms with Crippen LogP contribution in [-0.2, 0) is 6.42 Å². The van der Waals surface area contributed by atoms with Crippen molar-refractivity contribution in [1.82, 2.24) is 9.88 Å². The summed E-state index contributed by atoms with van der Waals surface area (Å²) >= 11 is 1.58. The quantitative estimate of drug-likeness (QED) is 0.284. The molecule has 0 spiro atoms. The van der Waals surface area contributed by atoms with Crippen LogP contribution in [0.4, 0.5) is 10.1 Å². The lowest BCUT2D eigenvalue weighted by Crippen LogP contribution is -2.33. The summed E-state index contributed by atoms with van der Waals surface area (Å²) in [5, 5.41) is 5.91. The molecule has 2 heterocycles. The van der Waals surface area contributed by atoms with E-state index in [1.165, 1.54) is 24.1 Å². The first-order valence-electron chi connectivity index (χ1n) is 12.5. The van der Waals surface area contributed by atoms with E-state index in [0.29, 0.717) is 17.3 Å². The summed E-state index contributed by atoms with van der Waals surface area (Å²) < 4.78 is 13.4. The molecule has 1 aromatic heterocycles. The number of carbonyl (C=O) groups is 1. The molecule has 0 unspecified atom stereocenters. The number of anilines is 1. The lowest BCUT2D eigenvalue weighted by molar-refractivity contribution is 0.102. The highest BCUT2D eigenvalue weighted by molar-refractivity contribution is 7.10. The molecule has 1 amide bonds. The Morgan fingerprint density at radius 2 is 1.69 bits per heavy atom. The molecule has 4 aromatic rings. The SMILES string of the molecule is O=C(Nc1ccccc1-c1ccc(F)cc1)c1csc(C2CCN(CCCc3ccccc3)CC2)n1. The van der Waals surface area contributed by atoms with Gasteiger partial charge in [-0.2, -0.15) is 0 Å². The molecule has 0 atom stereocenters. The number of likely N-dealkylation sites (tertiary alicyclic amines) is 1. The molecule has 1 aliphatic rings. The molecule has 0 saturated carbocycles. The van der Waals surface area contributed by atoms with Crippen molar-refractivity contribution in [3.8, 4) is 11.1 Å². The highest BCUT2D eigenvalue weighted by Crippen LogP contribution is 2.32. The van der Waals surface area contributed by atoms with E-state index < -0.39 is 0 Å². The fraction of sp³-hybridized carbons (Fsp3) is 0.267. The van der Waals surface area contributed by atoms with Crippen LogP contribution in [0.2, 0.25) is 0 Å². The molecule has 1 N–H and O–H groups in total. The lowest BCUT2D eigenvalue weighted by Gasteiger charge is -2.31. The Balaban J connectivity index is 1.15. The van der Waals surface area contributed by atoms with Gasteiger partial charge in [-0.15, -0.1) is 11.3 Å². The number of nitrogens with one attached hydrogen (secondary N) is 1. The number of halogens is 1. The van der Waals surface area contributed by atoms with Gasteiger partial charge < -0.3 is 10.2 Å². The number of aromatic nitrogens is 1. The van der Waals surface area contributed by atoms with Crippen LogP contribution >= 0.6 is 11.3 Å². The minimum Gasteiger partial charge on any atom is -0.320 e. The number of nitrogens with zero attached hydrogens (tertiary/aromatic N) is 2. The van der Waals surface area contributed by atoms with Crippen LogP contribution in [0, 0.1) is 5.82 Å². The number of amides is 1. The third-order valence-electron chi connectivity index (χ3n) is 6.80. The van der Waals surface area contributed by atoms with E-state index in [2.05, 4.69) is 40.5 Å². The second kappa shape index (κ2) is 11.6. The maximum absolute atomic E-state index is 13.4. The lowest BCUT2D eigenvalue weighted by atomic mass is 9.97. The molecular weight excluding hydrogens is 469 g/mol. The minimum atomic E-state index is -0.284. The van der Waals surface area contributed by atoms with Crippen molar-refractivity contribution in [3.05, 3.63) is 106 Å². The average molecular weight is 500 g/mol. The highest BCUT2D eigenvalue weighted by atomic mass is 32.1. The van der Waals surface area contributed by atoms with E-state index in [1.807, 2.05) is 29.6 Å². The molecule has 0 bridgehead atoms. The monoisotopic (exact) mass is 499 g/mol. The van der Waals surface area contributed by atoms with Gasteiger partial charge in [0.05, 0.1) is 5.01 Å². The molecule has 6 heteroatoms. The van der Waals surface area contributed by atoms with Crippen molar-refractivity contribution in [2.75, 3.05) is 25.0 Å². The summed E-state index contributed by atoms with van der Waals surface area (Å²) in [5.41, 5.74) is 4.24. The molecule has 1 fully saturated rings. The Morgan fingerprint density at radius 3 is 2.47 bits per heavy atom. The van der Waals surface area contributed by atoms with Gasteiger partial charge in [-0.05, 0) is 74.6 Å². The molecule has 3 aromatic carbocycles. The van der Waals surface area contributed by atoms with E-state index in [1.54, 1.807) is 23.5 Å². The normalized spacial score (nSPS) is 14.6. The van der Waals surface area contributed by atoms with Gasteiger partial charge in [0.2, 0.25) is 0 Å². The Morgan fingerprint density at radius 1 is 0.972 bits per heavy atom. The average Bonchev–Trinajstić information content (AvgIpc) is 3.41. The number of hydrogen-bond acceptors (Lipinski definition) is 4. The van der Waals surface area contributed by atoms with Crippen LogP contribution in [0.25, 0.3) is 11.1 Å². The van der Waals surface area contributed by atoms with Crippen molar-refractivity contribution in [3.63, 3.8) is 0 Å². The number of aryl methyl sites for hydroxylation is 1. The van der Waals surface area contributed by atoms with Crippen LogP contribution in [0.1, 0.15) is 46.2 Å². The summed E-state index contributed by atoms with van der Waals surface area (Å²) in [5.74, 6) is -0.0906. The van der Waals surface area contributed by atoms with Gasteiger partial charge in [0.15, 0.2) is 0 Å². The zero-order valence-electron chi connectivity index (χ0n) is 20.2. The predicted molar refractivity (Wildman–Crippen MR) is 145 cm³/mol. The molecule has 184 valence electrons. The third-order valence-corrected chi connectivity index (χ3v) is 7.81. The van der Waals surface area contributed by atoms with Gasteiger partial charge in [-0.25, -0.2) is 9.37 Å². The van der Waals surface area contributed by atoms with E-state index >= 15 is 0 Å². The highest BCUT2D eigenvalue weighted by Gasteiger charge is 2.24. The van der Waals surface area contributed by atoms with Crippen LogP contribution < -0.4 is 5.32 Å². The summed E-state index contributed by atoms with van der Waals surface area (Å²) in [6.07, 6.45) is 4.45. The minimum absolute atomic E-state index is 0.217. The number of piperidine rings is 1. The molecular formula is C30H30FN3OS. The Kier molecular flexibility index (Phi) is 7.84. The van der Waals surface area contributed by atoms with Crippen molar-refractivity contribution in [1.29, 1.82) is 0 Å². The van der Waals surface area contributed by atoms with Gasteiger partial charge in [0.1, 0.15) is 11.5 Å². The van der Waals surface area contributed by atoms with Crippen molar-refractivity contribution >= 4 is 22.9 Å². The maximum atomic E-state index is 13.4.